The smallest absolute Gasteiger partial charge is 0.352 e. The van der Waals surface area contributed by atoms with E-state index < -0.39 is 5.97 Å². The highest BCUT2D eigenvalue weighted by Crippen LogP contribution is 2.22. The van der Waals surface area contributed by atoms with Gasteiger partial charge >= 0.3 is 5.97 Å². The van der Waals surface area contributed by atoms with Crippen LogP contribution < -0.4 is 0 Å². The van der Waals surface area contributed by atoms with Gasteiger partial charge in [0.25, 0.3) is 0 Å². The van der Waals surface area contributed by atoms with Gasteiger partial charge in [0, 0.05) is 5.56 Å². The van der Waals surface area contributed by atoms with E-state index in [-0.39, 0.29) is 5.69 Å². The lowest BCUT2D eigenvalue weighted by Crippen LogP contribution is -2.06. The van der Waals surface area contributed by atoms with E-state index in [1.54, 1.807) is 22.6 Å². The van der Waals surface area contributed by atoms with Crippen LogP contribution in [0.1, 0.15) is 21.6 Å². The molecule has 0 aliphatic carbocycles. The first kappa shape index (κ1) is 12.3. The highest BCUT2D eigenvalue weighted by atomic mass is 16.4. The van der Waals surface area contributed by atoms with Gasteiger partial charge < -0.3 is 5.11 Å². The van der Waals surface area contributed by atoms with E-state index in [1.165, 1.54) is 5.56 Å². The Labute approximate surface area is 115 Å². The number of hydrogen-bond acceptors (Lipinski definition) is 3. The number of rotatable bonds is 2. The van der Waals surface area contributed by atoms with Crippen molar-refractivity contribution >= 4 is 11.6 Å². The summed E-state index contributed by atoms with van der Waals surface area (Å²) in [4.78, 5) is 11.3. The third-order valence-electron chi connectivity index (χ3n) is 3.41. The van der Waals surface area contributed by atoms with Gasteiger partial charge in [0.15, 0.2) is 11.5 Å². The van der Waals surface area contributed by atoms with Crippen molar-refractivity contribution in [2.24, 2.45) is 0 Å². The van der Waals surface area contributed by atoms with Crippen molar-refractivity contribution < 1.29 is 9.90 Å². The zero-order valence-electron chi connectivity index (χ0n) is 11.2. The molecule has 0 fully saturated rings. The average Bonchev–Trinajstić information content (AvgIpc) is 2.85. The number of carboxylic acid groups (broad SMARTS) is 1. The van der Waals surface area contributed by atoms with Gasteiger partial charge in [-0.05, 0) is 43.2 Å². The molecule has 0 saturated carbocycles. The van der Waals surface area contributed by atoms with Crippen molar-refractivity contribution in [3.05, 3.63) is 53.2 Å². The second-order valence-electron chi connectivity index (χ2n) is 4.73. The fourth-order valence-corrected chi connectivity index (χ4v) is 2.18. The van der Waals surface area contributed by atoms with Gasteiger partial charge in [-0.15, -0.1) is 10.2 Å². The fraction of sp³-hybridized carbons (Fsp3) is 0.133. The molecule has 20 heavy (non-hydrogen) atoms. The molecule has 2 aromatic heterocycles. The van der Waals surface area contributed by atoms with Crippen molar-refractivity contribution in [1.29, 1.82) is 0 Å². The standard InChI is InChI=1S/C15H13N3O2/c1-9-6-7-11(8-10(9)2)14-17-16-13-5-3-4-12(15(19)20)18(13)14/h3-8H,1-2H3,(H,19,20). The molecule has 0 aliphatic heterocycles. The second kappa shape index (κ2) is 4.45. The molecule has 0 spiro atoms. The summed E-state index contributed by atoms with van der Waals surface area (Å²) in [6, 6.07) is 10.9. The second-order valence-corrected chi connectivity index (χ2v) is 4.73. The molecule has 5 nitrogen and oxygen atoms in total. The monoisotopic (exact) mass is 267 g/mol. The number of benzene rings is 1. The van der Waals surface area contributed by atoms with Crippen LogP contribution in [0.5, 0.6) is 0 Å². The Hall–Kier alpha value is -2.69. The van der Waals surface area contributed by atoms with Gasteiger partial charge in [-0.1, -0.05) is 18.2 Å². The first-order valence-corrected chi connectivity index (χ1v) is 6.23. The Bertz CT molecular complexity index is 821. The third-order valence-corrected chi connectivity index (χ3v) is 3.41. The third kappa shape index (κ3) is 1.84. The number of aromatic nitrogens is 3. The Morgan fingerprint density at radius 2 is 1.90 bits per heavy atom. The molecule has 0 radical (unpaired) electrons. The maximum atomic E-state index is 11.3. The van der Waals surface area contributed by atoms with E-state index in [1.807, 2.05) is 32.0 Å². The Morgan fingerprint density at radius 3 is 2.60 bits per heavy atom. The number of aromatic carboxylic acids is 1. The van der Waals surface area contributed by atoms with E-state index in [9.17, 15) is 9.90 Å². The van der Waals surface area contributed by atoms with E-state index >= 15 is 0 Å². The van der Waals surface area contributed by atoms with Crippen LogP contribution >= 0.6 is 0 Å². The minimum absolute atomic E-state index is 0.153. The van der Waals surface area contributed by atoms with Crippen molar-refractivity contribution in [3.63, 3.8) is 0 Å². The van der Waals surface area contributed by atoms with Crippen molar-refractivity contribution in [2.45, 2.75) is 13.8 Å². The minimum Gasteiger partial charge on any atom is -0.477 e. The van der Waals surface area contributed by atoms with Crippen LogP contribution in [0.25, 0.3) is 17.0 Å². The molecule has 0 atom stereocenters. The first-order valence-electron chi connectivity index (χ1n) is 6.23. The molecule has 5 heteroatoms. The largest absolute Gasteiger partial charge is 0.477 e. The van der Waals surface area contributed by atoms with Crippen LogP contribution in [0.15, 0.2) is 36.4 Å². The molecule has 0 amide bonds. The van der Waals surface area contributed by atoms with Gasteiger partial charge in [0.2, 0.25) is 0 Å². The number of carboxylic acids is 1. The number of aryl methyl sites for hydroxylation is 2. The zero-order valence-corrected chi connectivity index (χ0v) is 11.2. The van der Waals surface area contributed by atoms with Crippen LogP contribution in [0.2, 0.25) is 0 Å². The van der Waals surface area contributed by atoms with Crippen molar-refractivity contribution in [3.8, 4) is 11.4 Å². The van der Waals surface area contributed by atoms with Crippen LogP contribution in [0, 0.1) is 13.8 Å². The summed E-state index contributed by atoms with van der Waals surface area (Å²) in [5.74, 6) is -0.457. The lowest BCUT2D eigenvalue weighted by Gasteiger charge is -2.06. The normalized spacial score (nSPS) is 10.9. The first-order chi connectivity index (χ1) is 9.58. The van der Waals surface area contributed by atoms with Crippen molar-refractivity contribution in [2.75, 3.05) is 0 Å². The lowest BCUT2D eigenvalue weighted by molar-refractivity contribution is 0.0689. The predicted molar refractivity (Wildman–Crippen MR) is 74.9 cm³/mol. The van der Waals surface area contributed by atoms with Gasteiger partial charge in [0.05, 0.1) is 0 Å². The minimum atomic E-state index is -1.000. The highest BCUT2D eigenvalue weighted by molar-refractivity contribution is 5.87. The topological polar surface area (TPSA) is 67.5 Å². The van der Waals surface area contributed by atoms with Gasteiger partial charge in [-0.25, -0.2) is 4.79 Å². The Kier molecular flexibility index (Phi) is 2.75. The zero-order chi connectivity index (χ0) is 14.3. The molecular weight excluding hydrogens is 254 g/mol. The van der Waals surface area contributed by atoms with Crippen LogP contribution in [-0.2, 0) is 0 Å². The maximum absolute atomic E-state index is 11.3. The summed E-state index contributed by atoms with van der Waals surface area (Å²) in [6.07, 6.45) is 0. The van der Waals surface area contributed by atoms with Crippen LogP contribution in [-0.4, -0.2) is 25.7 Å². The fourth-order valence-electron chi connectivity index (χ4n) is 2.18. The molecular formula is C15H13N3O2. The van der Waals surface area contributed by atoms with Gasteiger partial charge in [-0.3, -0.25) is 4.40 Å². The highest BCUT2D eigenvalue weighted by Gasteiger charge is 2.15. The summed E-state index contributed by atoms with van der Waals surface area (Å²) in [5, 5.41) is 17.5. The molecule has 0 unspecified atom stereocenters. The molecule has 100 valence electrons. The van der Waals surface area contributed by atoms with Gasteiger partial charge in [0.1, 0.15) is 5.69 Å². The van der Waals surface area contributed by atoms with Gasteiger partial charge in [-0.2, -0.15) is 0 Å². The molecule has 0 aliphatic rings. The Balaban J connectivity index is 2.31. The quantitative estimate of drug-likeness (QED) is 0.775. The average molecular weight is 267 g/mol. The number of carbonyl (C=O) groups is 1. The number of nitrogens with zero attached hydrogens (tertiary/aromatic N) is 3. The van der Waals surface area contributed by atoms with E-state index in [0.29, 0.717) is 11.5 Å². The lowest BCUT2D eigenvalue weighted by atomic mass is 10.1. The summed E-state index contributed by atoms with van der Waals surface area (Å²) >= 11 is 0. The molecule has 3 rings (SSSR count). The van der Waals surface area contributed by atoms with Crippen molar-refractivity contribution in [1.82, 2.24) is 14.6 Å². The number of hydrogen-bond donors (Lipinski definition) is 1. The number of pyridine rings is 1. The summed E-state index contributed by atoms with van der Waals surface area (Å²) in [6.45, 7) is 4.05. The maximum Gasteiger partial charge on any atom is 0.352 e. The summed E-state index contributed by atoms with van der Waals surface area (Å²) in [7, 11) is 0. The molecule has 0 bridgehead atoms. The van der Waals surface area contributed by atoms with E-state index in [0.717, 1.165) is 11.1 Å². The number of fused-ring (bicyclic) bond motifs is 1. The predicted octanol–water partition coefficient (Wildman–Crippen LogP) is 2.71. The summed E-state index contributed by atoms with van der Waals surface area (Å²) in [5.41, 5.74) is 3.85. The SMILES string of the molecule is Cc1ccc(-c2nnc3cccc(C(=O)O)n23)cc1C. The Morgan fingerprint density at radius 1 is 1.10 bits per heavy atom. The molecule has 3 aromatic rings. The summed E-state index contributed by atoms with van der Waals surface area (Å²) < 4.78 is 1.56. The van der Waals surface area contributed by atoms with Crippen LogP contribution in [0.4, 0.5) is 0 Å². The van der Waals surface area contributed by atoms with E-state index in [2.05, 4.69) is 10.2 Å². The molecule has 1 N–H and O–H groups in total. The van der Waals surface area contributed by atoms with E-state index in [4.69, 9.17) is 0 Å². The molecule has 2 heterocycles. The molecule has 1 aromatic carbocycles. The molecule has 0 saturated heterocycles. The van der Waals surface area contributed by atoms with Crippen LogP contribution in [0.3, 0.4) is 0 Å².